The van der Waals surface area contributed by atoms with E-state index in [1.807, 2.05) is 13.8 Å². The fourth-order valence-electron chi connectivity index (χ4n) is 1.83. The third-order valence-corrected chi connectivity index (χ3v) is 3.14. The summed E-state index contributed by atoms with van der Waals surface area (Å²) >= 11 is 0. The smallest absolute Gasteiger partial charge is 0.253 e. The summed E-state index contributed by atoms with van der Waals surface area (Å²) in [6.45, 7) is 5.86. The van der Waals surface area contributed by atoms with Crippen molar-refractivity contribution in [3.63, 3.8) is 0 Å². The first-order valence-electron chi connectivity index (χ1n) is 6.40. The van der Waals surface area contributed by atoms with E-state index in [0.717, 1.165) is 6.42 Å². The molecule has 0 saturated carbocycles. The molecule has 0 spiro atoms. The van der Waals surface area contributed by atoms with E-state index >= 15 is 0 Å². The van der Waals surface area contributed by atoms with Crippen LogP contribution in [0, 0.1) is 23.5 Å². The number of rotatable bonds is 6. The van der Waals surface area contributed by atoms with E-state index in [2.05, 4.69) is 4.98 Å². The van der Waals surface area contributed by atoms with Gasteiger partial charge in [-0.15, -0.1) is 0 Å². The second-order valence-electron chi connectivity index (χ2n) is 4.47. The SMILES string of the molecule is CCCCN(c1c(F)c(F)nc(F)c1F)C(C)CC. The highest BCUT2D eigenvalue weighted by Gasteiger charge is 2.27. The zero-order chi connectivity index (χ0) is 14.6. The van der Waals surface area contributed by atoms with Crippen molar-refractivity contribution in [3.8, 4) is 0 Å². The molecular weight excluding hydrogens is 260 g/mol. The number of anilines is 1. The van der Waals surface area contributed by atoms with Crippen LogP contribution in [0.4, 0.5) is 23.2 Å². The largest absolute Gasteiger partial charge is 0.364 e. The molecule has 1 unspecified atom stereocenters. The van der Waals surface area contributed by atoms with E-state index in [9.17, 15) is 17.6 Å². The molecule has 0 aliphatic heterocycles. The molecule has 2 nitrogen and oxygen atoms in total. The Bertz CT molecular complexity index is 411. The molecule has 0 aromatic carbocycles. The third kappa shape index (κ3) is 3.36. The first-order chi connectivity index (χ1) is 8.93. The summed E-state index contributed by atoms with van der Waals surface area (Å²) in [5, 5.41) is 0. The molecule has 0 fully saturated rings. The molecular formula is C13H18F4N2. The molecule has 1 aromatic rings. The minimum Gasteiger partial charge on any atom is -0.364 e. The number of unbranched alkanes of at least 4 members (excludes halogenated alkanes) is 1. The van der Waals surface area contributed by atoms with Gasteiger partial charge in [0.1, 0.15) is 5.69 Å². The van der Waals surface area contributed by atoms with E-state index in [-0.39, 0.29) is 6.04 Å². The maximum absolute atomic E-state index is 13.7. The van der Waals surface area contributed by atoms with Crippen LogP contribution in [-0.2, 0) is 0 Å². The van der Waals surface area contributed by atoms with Crippen LogP contribution in [0.25, 0.3) is 0 Å². The van der Waals surface area contributed by atoms with Crippen molar-refractivity contribution in [2.24, 2.45) is 0 Å². The standard InChI is InChI=1S/C13H18F4N2/c1-4-6-7-19(8(3)5-2)11-9(14)12(16)18-13(17)10(11)15/h8H,4-7H2,1-3H3. The average molecular weight is 278 g/mol. The van der Waals surface area contributed by atoms with Crippen LogP contribution < -0.4 is 4.90 Å². The van der Waals surface area contributed by atoms with Crippen molar-refractivity contribution in [1.29, 1.82) is 0 Å². The van der Waals surface area contributed by atoms with Crippen LogP contribution in [0.15, 0.2) is 0 Å². The summed E-state index contributed by atoms with van der Waals surface area (Å²) < 4.78 is 53.8. The number of nitrogens with zero attached hydrogens (tertiary/aromatic N) is 2. The molecule has 0 saturated heterocycles. The summed E-state index contributed by atoms with van der Waals surface area (Å²) in [7, 11) is 0. The van der Waals surface area contributed by atoms with E-state index in [1.165, 1.54) is 4.90 Å². The van der Waals surface area contributed by atoms with Crippen LogP contribution in [-0.4, -0.2) is 17.6 Å². The van der Waals surface area contributed by atoms with Crippen molar-refractivity contribution in [3.05, 3.63) is 23.5 Å². The van der Waals surface area contributed by atoms with Crippen LogP contribution in [0.1, 0.15) is 40.0 Å². The lowest BCUT2D eigenvalue weighted by atomic mass is 10.1. The molecule has 0 N–H and O–H groups in total. The van der Waals surface area contributed by atoms with Crippen LogP contribution >= 0.6 is 0 Å². The normalized spacial score (nSPS) is 12.6. The minimum absolute atomic E-state index is 0.225. The minimum atomic E-state index is -1.61. The van der Waals surface area contributed by atoms with Gasteiger partial charge in [0.05, 0.1) is 0 Å². The molecule has 0 amide bonds. The van der Waals surface area contributed by atoms with E-state index < -0.39 is 29.2 Å². The van der Waals surface area contributed by atoms with E-state index in [1.54, 1.807) is 6.92 Å². The molecule has 108 valence electrons. The number of hydrogen-bond donors (Lipinski definition) is 0. The summed E-state index contributed by atoms with van der Waals surface area (Å²) in [6, 6.07) is -0.225. The lowest BCUT2D eigenvalue weighted by Crippen LogP contribution is -2.35. The molecule has 19 heavy (non-hydrogen) atoms. The molecule has 0 radical (unpaired) electrons. The molecule has 0 aliphatic rings. The Kier molecular flexibility index (Phi) is 5.57. The Morgan fingerprint density at radius 2 is 1.58 bits per heavy atom. The second-order valence-corrected chi connectivity index (χ2v) is 4.47. The van der Waals surface area contributed by atoms with Gasteiger partial charge in [-0.25, -0.2) is 0 Å². The zero-order valence-corrected chi connectivity index (χ0v) is 11.3. The van der Waals surface area contributed by atoms with Crippen molar-refractivity contribution >= 4 is 5.69 Å². The first-order valence-corrected chi connectivity index (χ1v) is 6.40. The number of pyridine rings is 1. The quantitative estimate of drug-likeness (QED) is 0.576. The van der Waals surface area contributed by atoms with Gasteiger partial charge in [-0.05, 0) is 19.8 Å². The Morgan fingerprint density at radius 3 is 2.00 bits per heavy atom. The summed E-state index contributed by atoms with van der Waals surface area (Å²) in [6.07, 6.45) is 2.09. The number of hydrogen-bond acceptors (Lipinski definition) is 2. The first kappa shape index (κ1) is 15.7. The Balaban J connectivity index is 3.28. The van der Waals surface area contributed by atoms with Gasteiger partial charge in [-0.3, -0.25) is 0 Å². The van der Waals surface area contributed by atoms with Gasteiger partial charge in [0, 0.05) is 12.6 Å². The molecule has 1 atom stereocenters. The highest BCUT2D eigenvalue weighted by Crippen LogP contribution is 2.28. The van der Waals surface area contributed by atoms with Gasteiger partial charge in [-0.2, -0.15) is 22.5 Å². The van der Waals surface area contributed by atoms with Crippen LogP contribution in [0.2, 0.25) is 0 Å². The fourth-order valence-corrected chi connectivity index (χ4v) is 1.83. The third-order valence-electron chi connectivity index (χ3n) is 3.14. The lowest BCUT2D eigenvalue weighted by molar-refractivity contribution is 0.401. The Hall–Kier alpha value is -1.33. The van der Waals surface area contributed by atoms with Crippen molar-refractivity contribution < 1.29 is 17.6 Å². The summed E-state index contributed by atoms with van der Waals surface area (Å²) in [5.74, 6) is -6.09. The van der Waals surface area contributed by atoms with Crippen LogP contribution in [0.5, 0.6) is 0 Å². The van der Waals surface area contributed by atoms with E-state index in [0.29, 0.717) is 19.4 Å². The predicted molar refractivity (Wildman–Crippen MR) is 66.1 cm³/mol. The molecule has 1 aromatic heterocycles. The predicted octanol–water partition coefficient (Wildman–Crippen LogP) is 4.04. The molecule has 0 aliphatic carbocycles. The Morgan fingerprint density at radius 1 is 1.05 bits per heavy atom. The maximum Gasteiger partial charge on any atom is 0.253 e. The zero-order valence-electron chi connectivity index (χ0n) is 11.3. The topological polar surface area (TPSA) is 16.1 Å². The molecule has 1 heterocycles. The number of aromatic nitrogens is 1. The van der Waals surface area contributed by atoms with Crippen molar-refractivity contribution in [2.45, 2.75) is 46.1 Å². The highest BCUT2D eigenvalue weighted by molar-refractivity contribution is 5.49. The molecule has 1 rings (SSSR count). The van der Waals surface area contributed by atoms with Crippen LogP contribution in [0.3, 0.4) is 0 Å². The lowest BCUT2D eigenvalue weighted by Gasteiger charge is -2.31. The highest BCUT2D eigenvalue weighted by atomic mass is 19.2. The van der Waals surface area contributed by atoms with Crippen molar-refractivity contribution in [1.82, 2.24) is 4.98 Å². The van der Waals surface area contributed by atoms with Gasteiger partial charge in [-0.1, -0.05) is 20.3 Å². The summed E-state index contributed by atoms with van der Waals surface area (Å²) in [4.78, 5) is 3.93. The number of halogens is 4. The van der Waals surface area contributed by atoms with Crippen molar-refractivity contribution in [2.75, 3.05) is 11.4 Å². The Labute approximate surface area is 110 Å². The van der Waals surface area contributed by atoms with Gasteiger partial charge in [0.25, 0.3) is 11.9 Å². The van der Waals surface area contributed by atoms with Gasteiger partial charge >= 0.3 is 0 Å². The monoisotopic (exact) mass is 278 g/mol. The van der Waals surface area contributed by atoms with Gasteiger partial charge in [0.2, 0.25) is 11.6 Å². The molecule has 6 heteroatoms. The van der Waals surface area contributed by atoms with E-state index in [4.69, 9.17) is 0 Å². The van der Waals surface area contributed by atoms with Gasteiger partial charge in [0.15, 0.2) is 0 Å². The average Bonchev–Trinajstić information content (AvgIpc) is 2.39. The molecule has 0 bridgehead atoms. The fraction of sp³-hybridized carbons (Fsp3) is 0.615. The summed E-state index contributed by atoms with van der Waals surface area (Å²) in [5.41, 5.74) is -0.659. The maximum atomic E-state index is 13.7. The van der Waals surface area contributed by atoms with Gasteiger partial charge < -0.3 is 4.90 Å². The second kappa shape index (κ2) is 6.73.